The predicted molar refractivity (Wildman–Crippen MR) is 58.5 cm³/mol. The predicted octanol–water partition coefficient (Wildman–Crippen LogP) is 3.43. The van der Waals surface area contributed by atoms with Gasteiger partial charge < -0.3 is 5.32 Å². The molecule has 0 atom stereocenters. The third-order valence-corrected chi connectivity index (χ3v) is 2.19. The Hall–Kier alpha value is -1.04. The maximum absolute atomic E-state index is 12.3. The zero-order valence-electron chi connectivity index (χ0n) is 8.14. The molecule has 0 aliphatic rings. The maximum Gasteiger partial charge on any atom is 0.416 e. The average molecular weight is 296 g/mol. The summed E-state index contributed by atoms with van der Waals surface area (Å²) in [7, 11) is 0. The summed E-state index contributed by atoms with van der Waals surface area (Å²) in [5, 5.41) is 2.86. The highest BCUT2D eigenvalue weighted by Crippen LogP contribution is 2.30. The zero-order chi connectivity index (χ0) is 12.2. The van der Waals surface area contributed by atoms with E-state index in [2.05, 4.69) is 21.2 Å². The van der Waals surface area contributed by atoms with Crippen LogP contribution in [0.5, 0.6) is 0 Å². The SMILES string of the molecule is O=C(CCBr)Nc1cccc(C(F)(F)F)c1. The van der Waals surface area contributed by atoms with Crippen molar-refractivity contribution in [2.24, 2.45) is 0 Å². The van der Waals surface area contributed by atoms with E-state index in [1.165, 1.54) is 12.1 Å². The molecule has 1 aromatic carbocycles. The first-order valence-corrected chi connectivity index (χ1v) is 5.58. The number of anilines is 1. The topological polar surface area (TPSA) is 29.1 Å². The van der Waals surface area contributed by atoms with Crippen molar-refractivity contribution in [3.63, 3.8) is 0 Å². The van der Waals surface area contributed by atoms with Crippen molar-refractivity contribution in [1.29, 1.82) is 0 Å². The summed E-state index contributed by atoms with van der Waals surface area (Å²) < 4.78 is 37.0. The molecule has 1 aromatic rings. The van der Waals surface area contributed by atoms with E-state index < -0.39 is 11.7 Å². The van der Waals surface area contributed by atoms with Gasteiger partial charge in [-0.3, -0.25) is 4.79 Å². The Bertz CT molecular complexity index is 379. The lowest BCUT2D eigenvalue weighted by molar-refractivity contribution is -0.137. The molecule has 1 rings (SSSR count). The monoisotopic (exact) mass is 295 g/mol. The van der Waals surface area contributed by atoms with E-state index in [0.29, 0.717) is 5.33 Å². The molecule has 0 saturated heterocycles. The van der Waals surface area contributed by atoms with E-state index in [1.54, 1.807) is 0 Å². The summed E-state index contributed by atoms with van der Waals surface area (Å²) in [5.74, 6) is -0.323. The Morgan fingerprint density at radius 2 is 2.06 bits per heavy atom. The molecule has 88 valence electrons. The lowest BCUT2D eigenvalue weighted by atomic mass is 10.2. The first-order chi connectivity index (χ1) is 7.43. The molecule has 1 amide bonds. The molecule has 0 unspecified atom stereocenters. The minimum Gasteiger partial charge on any atom is -0.326 e. The summed E-state index contributed by atoms with van der Waals surface area (Å²) in [4.78, 5) is 11.2. The third-order valence-electron chi connectivity index (χ3n) is 1.80. The van der Waals surface area contributed by atoms with Crippen LogP contribution in [0.2, 0.25) is 0 Å². The van der Waals surface area contributed by atoms with Crippen molar-refractivity contribution in [2.45, 2.75) is 12.6 Å². The molecule has 0 aliphatic heterocycles. The number of nitrogens with one attached hydrogen (secondary N) is 1. The van der Waals surface area contributed by atoms with Gasteiger partial charge in [-0.05, 0) is 18.2 Å². The molecule has 0 aliphatic carbocycles. The molecule has 0 aromatic heterocycles. The van der Waals surface area contributed by atoms with Gasteiger partial charge in [0.05, 0.1) is 5.56 Å². The molecule has 0 heterocycles. The van der Waals surface area contributed by atoms with Crippen molar-refractivity contribution in [1.82, 2.24) is 0 Å². The van der Waals surface area contributed by atoms with Gasteiger partial charge >= 0.3 is 6.18 Å². The highest BCUT2D eigenvalue weighted by atomic mass is 79.9. The van der Waals surface area contributed by atoms with Crippen molar-refractivity contribution >= 4 is 27.5 Å². The number of alkyl halides is 4. The summed E-state index contributed by atoms with van der Waals surface area (Å²) in [6.45, 7) is 0. The lowest BCUT2D eigenvalue weighted by Crippen LogP contribution is -2.12. The Balaban J connectivity index is 2.79. The Labute approximate surface area is 99.0 Å². The number of benzene rings is 1. The first-order valence-electron chi connectivity index (χ1n) is 4.46. The van der Waals surface area contributed by atoms with Crippen LogP contribution in [0.25, 0.3) is 0 Å². The Morgan fingerprint density at radius 3 is 2.62 bits per heavy atom. The van der Waals surface area contributed by atoms with E-state index in [1.807, 2.05) is 0 Å². The molecular weight excluding hydrogens is 287 g/mol. The van der Waals surface area contributed by atoms with Gasteiger partial charge in [-0.25, -0.2) is 0 Å². The second kappa shape index (κ2) is 5.34. The molecule has 2 nitrogen and oxygen atoms in total. The van der Waals surface area contributed by atoms with E-state index in [9.17, 15) is 18.0 Å². The molecule has 0 spiro atoms. The van der Waals surface area contributed by atoms with Crippen LogP contribution in [-0.4, -0.2) is 11.2 Å². The second-order valence-electron chi connectivity index (χ2n) is 3.07. The van der Waals surface area contributed by atoms with Crippen LogP contribution >= 0.6 is 15.9 Å². The van der Waals surface area contributed by atoms with Crippen molar-refractivity contribution in [3.05, 3.63) is 29.8 Å². The molecule has 1 N–H and O–H groups in total. The minimum atomic E-state index is -4.39. The molecule has 0 radical (unpaired) electrons. The lowest BCUT2D eigenvalue weighted by Gasteiger charge is -2.09. The van der Waals surface area contributed by atoms with Gasteiger partial charge in [0.25, 0.3) is 0 Å². The van der Waals surface area contributed by atoms with Gasteiger partial charge in [-0.2, -0.15) is 13.2 Å². The molecule has 16 heavy (non-hydrogen) atoms. The van der Waals surface area contributed by atoms with Crippen LogP contribution in [0, 0.1) is 0 Å². The van der Waals surface area contributed by atoms with Gasteiger partial charge in [-0.15, -0.1) is 0 Å². The Kier molecular flexibility index (Phi) is 4.35. The van der Waals surface area contributed by atoms with Gasteiger partial charge in [0.1, 0.15) is 0 Å². The third kappa shape index (κ3) is 3.84. The number of rotatable bonds is 3. The quantitative estimate of drug-likeness (QED) is 0.851. The fourth-order valence-corrected chi connectivity index (χ4v) is 1.44. The highest BCUT2D eigenvalue weighted by Gasteiger charge is 2.30. The van der Waals surface area contributed by atoms with Gasteiger partial charge in [0.15, 0.2) is 0 Å². The smallest absolute Gasteiger partial charge is 0.326 e. The summed E-state index contributed by atoms with van der Waals surface area (Å²) in [5.41, 5.74) is -0.620. The molecule has 6 heteroatoms. The minimum absolute atomic E-state index is 0.153. The van der Waals surface area contributed by atoms with Crippen LogP contribution in [-0.2, 0) is 11.0 Å². The van der Waals surface area contributed by atoms with Gasteiger partial charge in [0, 0.05) is 17.4 Å². The summed E-state index contributed by atoms with van der Waals surface area (Å²) in [6.07, 6.45) is -4.17. The highest BCUT2D eigenvalue weighted by molar-refractivity contribution is 9.09. The van der Waals surface area contributed by atoms with Crippen LogP contribution in [0.3, 0.4) is 0 Å². The maximum atomic E-state index is 12.3. The summed E-state index contributed by atoms with van der Waals surface area (Å²) in [6, 6.07) is 4.54. The standard InChI is InChI=1S/C10H9BrF3NO/c11-5-4-9(16)15-8-3-1-2-7(6-8)10(12,13)14/h1-3,6H,4-5H2,(H,15,16). The number of amides is 1. The van der Waals surface area contributed by atoms with Gasteiger partial charge in [-0.1, -0.05) is 22.0 Å². The first kappa shape index (κ1) is 13.0. The number of carbonyl (C=O) groups is 1. The summed E-state index contributed by atoms with van der Waals surface area (Å²) >= 11 is 3.07. The van der Waals surface area contributed by atoms with Crippen molar-refractivity contribution in [3.8, 4) is 0 Å². The number of halogens is 4. The van der Waals surface area contributed by atoms with E-state index >= 15 is 0 Å². The molecular formula is C10H9BrF3NO. The number of carbonyl (C=O) groups excluding carboxylic acids is 1. The van der Waals surface area contributed by atoms with E-state index in [4.69, 9.17) is 0 Å². The number of hydrogen-bond acceptors (Lipinski definition) is 1. The van der Waals surface area contributed by atoms with E-state index in [-0.39, 0.29) is 18.0 Å². The number of hydrogen-bond donors (Lipinski definition) is 1. The zero-order valence-corrected chi connectivity index (χ0v) is 9.73. The fraction of sp³-hybridized carbons (Fsp3) is 0.300. The van der Waals surface area contributed by atoms with Crippen LogP contribution in [0.1, 0.15) is 12.0 Å². The molecule has 0 saturated carbocycles. The Morgan fingerprint density at radius 1 is 1.38 bits per heavy atom. The largest absolute Gasteiger partial charge is 0.416 e. The normalized spacial score (nSPS) is 11.2. The van der Waals surface area contributed by atoms with Gasteiger partial charge in [0.2, 0.25) is 5.91 Å². The van der Waals surface area contributed by atoms with Crippen molar-refractivity contribution in [2.75, 3.05) is 10.6 Å². The fourth-order valence-electron chi connectivity index (χ4n) is 1.08. The van der Waals surface area contributed by atoms with Crippen LogP contribution in [0.4, 0.5) is 18.9 Å². The van der Waals surface area contributed by atoms with Crippen LogP contribution in [0.15, 0.2) is 24.3 Å². The molecule has 0 bridgehead atoms. The van der Waals surface area contributed by atoms with Crippen LogP contribution < -0.4 is 5.32 Å². The van der Waals surface area contributed by atoms with E-state index in [0.717, 1.165) is 12.1 Å². The molecule has 0 fully saturated rings. The second-order valence-corrected chi connectivity index (χ2v) is 3.86. The van der Waals surface area contributed by atoms with Crippen molar-refractivity contribution < 1.29 is 18.0 Å². The average Bonchev–Trinajstić information content (AvgIpc) is 2.17.